The molecule has 2 N–H and O–H groups in total. The summed E-state index contributed by atoms with van der Waals surface area (Å²) in [6.07, 6.45) is 2.71. The average Bonchev–Trinajstić information content (AvgIpc) is 2.75. The molecule has 0 fully saturated rings. The molecule has 9 heteroatoms. The van der Waals surface area contributed by atoms with E-state index in [0.29, 0.717) is 4.88 Å². The van der Waals surface area contributed by atoms with Crippen LogP contribution >= 0.6 is 22.9 Å². The van der Waals surface area contributed by atoms with Crippen molar-refractivity contribution in [1.29, 1.82) is 0 Å². The lowest BCUT2D eigenvalue weighted by molar-refractivity contribution is 0.0702. The van der Waals surface area contributed by atoms with Crippen molar-refractivity contribution in [3.05, 3.63) is 39.3 Å². The first-order valence-electron chi connectivity index (χ1n) is 5.27. The van der Waals surface area contributed by atoms with Crippen LogP contribution in [0.4, 0.5) is 5.69 Å². The molecule has 0 atom stereocenters. The predicted molar refractivity (Wildman–Crippen MR) is 76.1 cm³/mol. The fourth-order valence-corrected chi connectivity index (χ4v) is 4.19. The Morgan fingerprint density at radius 1 is 1.50 bits per heavy atom. The molecule has 0 amide bonds. The van der Waals surface area contributed by atoms with E-state index in [1.807, 2.05) is 0 Å². The first-order chi connectivity index (χ1) is 9.31. The number of sulfonamides is 1. The number of halogens is 1. The monoisotopic (exact) mass is 332 g/mol. The van der Waals surface area contributed by atoms with E-state index in [1.165, 1.54) is 25.4 Å². The lowest BCUT2D eigenvalue weighted by atomic mass is 10.4. The molecule has 6 nitrogen and oxygen atoms in total. The van der Waals surface area contributed by atoms with Crippen molar-refractivity contribution in [3.8, 4) is 0 Å². The van der Waals surface area contributed by atoms with Crippen molar-refractivity contribution >= 4 is 44.6 Å². The molecule has 106 valence electrons. The highest BCUT2D eigenvalue weighted by Crippen LogP contribution is 2.29. The molecule has 0 bridgehead atoms. The first kappa shape index (κ1) is 14.8. The van der Waals surface area contributed by atoms with Gasteiger partial charge in [0.05, 0.1) is 16.9 Å². The second kappa shape index (κ2) is 5.39. The van der Waals surface area contributed by atoms with Gasteiger partial charge in [0, 0.05) is 11.1 Å². The van der Waals surface area contributed by atoms with Crippen molar-refractivity contribution < 1.29 is 18.3 Å². The van der Waals surface area contributed by atoms with Gasteiger partial charge in [-0.25, -0.2) is 13.2 Å². The average molecular weight is 333 g/mol. The van der Waals surface area contributed by atoms with Crippen LogP contribution in [0.3, 0.4) is 0 Å². The fourth-order valence-electron chi connectivity index (χ4n) is 1.49. The van der Waals surface area contributed by atoms with E-state index in [4.69, 9.17) is 16.7 Å². The quantitative estimate of drug-likeness (QED) is 0.897. The molecule has 0 aromatic carbocycles. The second-order valence-corrected chi connectivity index (χ2v) is 7.11. The summed E-state index contributed by atoms with van der Waals surface area (Å²) in [6.45, 7) is 1.54. The molecule has 0 aliphatic carbocycles. The maximum absolute atomic E-state index is 12.2. The number of aromatic nitrogens is 1. The van der Waals surface area contributed by atoms with Crippen molar-refractivity contribution in [1.82, 2.24) is 4.98 Å². The predicted octanol–water partition coefficient (Wildman–Crippen LogP) is 2.60. The van der Waals surface area contributed by atoms with E-state index in [1.54, 1.807) is 0 Å². The van der Waals surface area contributed by atoms with E-state index in [2.05, 4.69) is 9.71 Å². The number of carboxylic acids is 1. The molecule has 2 heterocycles. The number of hydrogen-bond acceptors (Lipinski definition) is 5. The van der Waals surface area contributed by atoms with Crippen LogP contribution in [0.5, 0.6) is 0 Å². The highest BCUT2D eigenvalue weighted by molar-refractivity contribution is 7.93. The topological polar surface area (TPSA) is 96.4 Å². The molecule has 2 aromatic rings. The third-order valence-corrected chi connectivity index (χ3v) is 5.37. The Bertz CT molecular complexity index is 770. The summed E-state index contributed by atoms with van der Waals surface area (Å²) >= 11 is 6.75. The first-order valence-corrected chi connectivity index (χ1v) is 7.95. The number of aromatic carboxylic acids is 1. The van der Waals surface area contributed by atoms with Crippen molar-refractivity contribution in [2.24, 2.45) is 0 Å². The molecule has 0 aliphatic heterocycles. The maximum Gasteiger partial charge on any atom is 0.345 e. The smallest absolute Gasteiger partial charge is 0.345 e. The zero-order valence-electron chi connectivity index (χ0n) is 10.1. The van der Waals surface area contributed by atoms with E-state index in [0.717, 1.165) is 17.4 Å². The van der Waals surface area contributed by atoms with Gasteiger partial charge in [0.2, 0.25) is 0 Å². The minimum absolute atomic E-state index is 0.0415. The molecule has 0 aliphatic rings. The Morgan fingerprint density at radius 2 is 2.20 bits per heavy atom. The lowest BCUT2D eigenvalue weighted by Gasteiger charge is -2.08. The number of anilines is 1. The highest BCUT2D eigenvalue weighted by atomic mass is 35.5. The highest BCUT2D eigenvalue weighted by Gasteiger charge is 2.23. The molecule has 0 saturated heterocycles. The van der Waals surface area contributed by atoms with Crippen LogP contribution in [-0.2, 0) is 10.0 Å². The minimum atomic E-state index is -3.91. The van der Waals surface area contributed by atoms with Gasteiger partial charge in [-0.3, -0.25) is 9.71 Å². The van der Waals surface area contributed by atoms with Gasteiger partial charge in [-0.2, -0.15) is 0 Å². The maximum atomic E-state index is 12.2. The van der Waals surface area contributed by atoms with Gasteiger partial charge in [-0.15, -0.1) is 11.3 Å². The summed E-state index contributed by atoms with van der Waals surface area (Å²) in [5, 5.41) is 9.09. The van der Waals surface area contributed by atoms with Crippen LogP contribution < -0.4 is 4.72 Å². The summed E-state index contributed by atoms with van der Waals surface area (Å²) in [4.78, 5) is 14.9. The molecule has 2 rings (SSSR count). The molecule has 20 heavy (non-hydrogen) atoms. The third-order valence-electron chi connectivity index (χ3n) is 2.38. The lowest BCUT2D eigenvalue weighted by Crippen LogP contribution is -2.13. The molecule has 0 radical (unpaired) electrons. The molecular weight excluding hydrogens is 324 g/mol. The zero-order valence-corrected chi connectivity index (χ0v) is 12.5. The standard InChI is InChI=1S/C11H9ClN2O4S2/c1-6-10(4-9(19-6)11(15)16)20(17,18)14-8-5-13-3-2-7(8)12/h2-5,14H,1H3,(H,15,16). The Morgan fingerprint density at radius 3 is 2.75 bits per heavy atom. The number of hydrogen-bond donors (Lipinski definition) is 2. The fraction of sp³-hybridized carbons (Fsp3) is 0.0909. The molecule has 0 unspecified atom stereocenters. The van der Waals surface area contributed by atoms with Gasteiger partial charge in [0.15, 0.2) is 0 Å². The van der Waals surface area contributed by atoms with Crippen LogP contribution in [-0.4, -0.2) is 24.5 Å². The van der Waals surface area contributed by atoms with Gasteiger partial charge in [-0.05, 0) is 19.1 Å². The Hall–Kier alpha value is -1.64. The van der Waals surface area contributed by atoms with Crippen LogP contribution in [0.25, 0.3) is 0 Å². The number of carbonyl (C=O) groups is 1. The SMILES string of the molecule is Cc1sc(C(=O)O)cc1S(=O)(=O)Nc1cnccc1Cl. The van der Waals surface area contributed by atoms with Gasteiger partial charge >= 0.3 is 5.97 Å². The number of rotatable bonds is 4. The number of thiophene rings is 1. The molecule has 0 saturated carbocycles. The van der Waals surface area contributed by atoms with E-state index >= 15 is 0 Å². The molecule has 0 spiro atoms. The van der Waals surface area contributed by atoms with Crippen molar-refractivity contribution in [2.45, 2.75) is 11.8 Å². The summed E-state index contributed by atoms with van der Waals surface area (Å²) in [5.41, 5.74) is 0.136. The summed E-state index contributed by atoms with van der Waals surface area (Å²) in [6, 6.07) is 2.57. The van der Waals surface area contributed by atoms with Gasteiger partial charge in [-0.1, -0.05) is 11.6 Å². The van der Waals surface area contributed by atoms with Gasteiger partial charge in [0.1, 0.15) is 9.77 Å². The van der Waals surface area contributed by atoms with Crippen LogP contribution in [0, 0.1) is 6.92 Å². The second-order valence-electron chi connectivity index (χ2n) is 3.80. The van der Waals surface area contributed by atoms with E-state index in [-0.39, 0.29) is 20.5 Å². The number of pyridine rings is 1. The Kier molecular flexibility index (Phi) is 3.98. The Labute approximate surface area is 124 Å². The number of nitrogens with one attached hydrogen (secondary N) is 1. The Balaban J connectivity index is 2.41. The largest absolute Gasteiger partial charge is 0.477 e. The summed E-state index contributed by atoms with van der Waals surface area (Å²) in [5.74, 6) is -1.17. The molecule has 2 aromatic heterocycles. The zero-order chi connectivity index (χ0) is 14.9. The van der Waals surface area contributed by atoms with Crippen LogP contribution in [0.2, 0.25) is 5.02 Å². The van der Waals surface area contributed by atoms with E-state index < -0.39 is 16.0 Å². The van der Waals surface area contributed by atoms with Crippen LogP contribution in [0.15, 0.2) is 29.4 Å². The van der Waals surface area contributed by atoms with Gasteiger partial charge < -0.3 is 5.11 Å². The van der Waals surface area contributed by atoms with Crippen molar-refractivity contribution in [2.75, 3.05) is 4.72 Å². The number of carboxylic acid groups (broad SMARTS) is 1. The minimum Gasteiger partial charge on any atom is -0.477 e. The third kappa shape index (κ3) is 2.92. The summed E-state index contributed by atoms with van der Waals surface area (Å²) in [7, 11) is -3.91. The molecular formula is C11H9ClN2O4S2. The van der Waals surface area contributed by atoms with Crippen molar-refractivity contribution in [3.63, 3.8) is 0 Å². The normalized spacial score (nSPS) is 11.3. The van der Waals surface area contributed by atoms with E-state index in [9.17, 15) is 13.2 Å². The number of nitrogens with zero attached hydrogens (tertiary/aromatic N) is 1. The van der Waals surface area contributed by atoms with Gasteiger partial charge in [0.25, 0.3) is 10.0 Å². The number of aryl methyl sites for hydroxylation is 1. The van der Waals surface area contributed by atoms with Crippen LogP contribution in [0.1, 0.15) is 14.5 Å². The summed E-state index contributed by atoms with van der Waals surface area (Å²) < 4.78 is 26.7.